The molecule has 0 aliphatic carbocycles. The lowest BCUT2D eigenvalue weighted by molar-refractivity contribution is 0.957. The fraction of sp³-hybridized carbons (Fsp3) is 0.200. The monoisotopic (exact) mass is 284 g/mol. The predicted molar refractivity (Wildman–Crippen MR) is 84.8 cm³/mol. The van der Waals surface area contributed by atoms with E-state index in [0.29, 0.717) is 5.82 Å². The van der Waals surface area contributed by atoms with Crippen LogP contribution in [-0.4, -0.2) is 9.97 Å². The zero-order chi connectivity index (χ0) is 14.1. The molecule has 2 heterocycles. The van der Waals surface area contributed by atoms with Gasteiger partial charge in [-0.3, -0.25) is 0 Å². The summed E-state index contributed by atoms with van der Waals surface area (Å²) in [6, 6.07) is 6.07. The molecule has 2 aromatic heterocycles. The van der Waals surface area contributed by atoms with Gasteiger partial charge in [0.25, 0.3) is 0 Å². The van der Waals surface area contributed by atoms with Crippen molar-refractivity contribution in [1.82, 2.24) is 9.97 Å². The first-order valence-corrected chi connectivity index (χ1v) is 7.34. The minimum Gasteiger partial charge on any atom is -0.399 e. The summed E-state index contributed by atoms with van der Waals surface area (Å²) in [5.41, 5.74) is 17.2. The third-order valence-electron chi connectivity index (χ3n) is 3.48. The Morgan fingerprint density at radius 3 is 2.70 bits per heavy atom. The molecule has 0 saturated carbocycles. The van der Waals surface area contributed by atoms with Crippen LogP contribution in [0.2, 0.25) is 0 Å². The van der Waals surface area contributed by atoms with Crippen LogP contribution in [0.1, 0.15) is 16.7 Å². The number of anilines is 2. The van der Waals surface area contributed by atoms with Crippen molar-refractivity contribution in [3.63, 3.8) is 0 Å². The Morgan fingerprint density at radius 1 is 1.10 bits per heavy atom. The van der Waals surface area contributed by atoms with E-state index in [1.54, 1.807) is 11.3 Å². The Labute approximate surface area is 121 Å². The van der Waals surface area contributed by atoms with Gasteiger partial charge in [0.15, 0.2) is 0 Å². The molecule has 0 fully saturated rings. The number of rotatable bonds is 3. The number of aromatic nitrogens is 2. The second-order valence-electron chi connectivity index (χ2n) is 4.88. The molecular weight excluding hydrogens is 268 g/mol. The molecule has 0 aliphatic rings. The summed E-state index contributed by atoms with van der Waals surface area (Å²) in [4.78, 5) is 8.38. The van der Waals surface area contributed by atoms with Gasteiger partial charge in [-0.05, 0) is 54.0 Å². The maximum atomic E-state index is 5.86. The maximum Gasteiger partial charge on any atom is 0.144 e. The molecule has 3 rings (SSSR count). The highest BCUT2D eigenvalue weighted by Crippen LogP contribution is 2.28. The van der Waals surface area contributed by atoms with E-state index in [1.165, 1.54) is 23.0 Å². The Bertz CT molecular complexity index is 764. The number of nitrogens with two attached hydrogens (primary N) is 2. The number of benzene rings is 1. The minimum atomic E-state index is 0.565. The van der Waals surface area contributed by atoms with Crippen LogP contribution in [0.25, 0.3) is 10.2 Å². The molecule has 3 aromatic rings. The maximum absolute atomic E-state index is 5.86. The standard InChI is InChI=1S/C15H16N4S/c1-9-6-12(16)5-4-10(9)2-3-11-7-20-14-13(11)18-8-19-15(14)17/h4-8H,2-3,16H2,1H3,(H2,17,18,19). The highest BCUT2D eigenvalue weighted by atomic mass is 32.1. The highest BCUT2D eigenvalue weighted by molar-refractivity contribution is 7.17. The number of hydrogen-bond acceptors (Lipinski definition) is 5. The van der Waals surface area contributed by atoms with Crippen molar-refractivity contribution in [2.24, 2.45) is 0 Å². The molecule has 0 atom stereocenters. The SMILES string of the molecule is Cc1cc(N)ccc1CCc1csc2c(N)ncnc12. The van der Waals surface area contributed by atoms with Crippen molar-refractivity contribution in [2.75, 3.05) is 11.5 Å². The van der Waals surface area contributed by atoms with Gasteiger partial charge in [0, 0.05) is 5.69 Å². The summed E-state index contributed by atoms with van der Waals surface area (Å²) in [6.45, 7) is 2.09. The Morgan fingerprint density at radius 2 is 1.90 bits per heavy atom. The lowest BCUT2D eigenvalue weighted by atomic mass is 10.0. The van der Waals surface area contributed by atoms with E-state index >= 15 is 0 Å². The van der Waals surface area contributed by atoms with Crippen LogP contribution in [-0.2, 0) is 12.8 Å². The molecule has 1 aromatic carbocycles. The van der Waals surface area contributed by atoms with Crippen LogP contribution < -0.4 is 11.5 Å². The molecule has 0 unspecified atom stereocenters. The van der Waals surface area contributed by atoms with Crippen molar-refractivity contribution < 1.29 is 0 Å². The Hall–Kier alpha value is -2.14. The topological polar surface area (TPSA) is 77.8 Å². The molecule has 0 amide bonds. The molecule has 4 N–H and O–H groups in total. The van der Waals surface area contributed by atoms with Crippen LogP contribution in [0.5, 0.6) is 0 Å². The third-order valence-corrected chi connectivity index (χ3v) is 4.53. The lowest BCUT2D eigenvalue weighted by Crippen LogP contribution is -1.96. The van der Waals surface area contributed by atoms with Crippen LogP contribution in [0.3, 0.4) is 0 Å². The third kappa shape index (κ3) is 2.32. The summed E-state index contributed by atoms with van der Waals surface area (Å²) in [5, 5.41) is 2.13. The zero-order valence-electron chi connectivity index (χ0n) is 11.3. The molecule has 20 heavy (non-hydrogen) atoms. The number of thiophene rings is 1. The van der Waals surface area contributed by atoms with Gasteiger partial charge in [-0.2, -0.15) is 0 Å². The van der Waals surface area contributed by atoms with E-state index in [1.807, 2.05) is 12.1 Å². The van der Waals surface area contributed by atoms with E-state index < -0.39 is 0 Å². The van der Waals surface area contributed by atoms with Gasteiger partial charge >= 0.3 is 0 Å². The second-order valence-corrected chi connectivity index (χ2v) is 5.76. The molecular formula is C15H16N4S. The molecule has 102 valence electrons. The molecule has 4 nitrogen and oxygen atoms in total. The molecule has 0 radical (unpaired) electrons. The number of fused-ring (bicyclic) bond motifs is 1. The summed E-state index contributed by atoms with van der Waals surface area (Å²) in [6.07, 6.45) is 3.45. The van der Waals surface area contributed by atoms with Gasteiger partial charge < -0.3 is 11.5 Å². The van der Waals surface area contributed by atoms with E-state index in [-0.39, 0.29) is 0 Å². The smallest absolute Gasteiger partial charge is 0.144 e. The fourth-order valence-electron chi connectivity index (χ4n) is 2.36. The quantitative estimate of drug-likeness (QED) is 0.725. The average molecular weight is 284 g/mol. The van der Waals surface area contributed by atoms with Crippen molar-refractivity contribution in [3.8, 4) is 0 Å². The van der Waals surface area contributed by atoms with Crippen LogP contribution >= 0.6 is 11.3 Å². The number of aryl methyl sites for hydroxylation is 3. The van der Waals surface area contributed by atoms with Crippen LogP contribution in [0, 0.1) is 6.92 Å². The number of hydrogen-bond donors (Lipinski definition) is 2. The molecule has 0 aliphatic heterocycles. The normalized spacial score (nSPS) is 11.1. The highest BCUT2D eigenvalue weighted by Gasteiger charge is 2.09. The summed E-state index contributed by atoms with van der Waals surface area (Å²) in [5.74, 6) is 0.565. The summed E-state index contributed by atoms with van der Waals surface area (Å²) >= 11 is 1.61. The first kappa shape index (κ1) is 12.9. The van der Waals surface area contributed by atoms with E-state index in [9.17, 15) is 0 Å². The average Bonchev–Trinajstić information content (AvgIpc) is 2.83. The summed E-state index contributed by atoms with van der Waals surface area (Å²) in [7, 11) is 0. The first-order valence-electron chi connectivity index (χ1n) is 6.46. The number of nitrogen functional groups attached to an aromatic ring is 2. The Balaban J connectivity index is 1.85. The largest absolute Gasteiger partial charge is 0.399 e. The van der Waals surface area contributed by atoms with Crippen LogP contribution in [0.15, 0.2) is 29.9 Å². The molecule has 0 saturated heterocycles. The fourth-order valence-corrected chi connectivity index (χ4v) is 3.32. The molecule has 5 heteroatoms. The van der Waals surface area contributed by atoms with Crippen molar-refractivity contribution in [1.29, 1.82) is 0 Å². The summed E-state index contributed by atoms with van der Waals surface area (Å²) < 4.78 is 0.983. The van der Waals surface area contributed by atoms with Gasteiger partial charge in [-0.15, -0.1) is 11.3 Å². The van der Waals surface area contributed by atoms with Gasteiger partial charge in [0.05, 0.1) is 10.2 Å². The predicted octanol–water partition coefficient (Wildman–Crippen LogP) is 2.95. The Kier molecular flexibility index (Phi) is 3.28. The molecule has 0 spiro atoms. The van der Waals surface area contributed by atoms with Crippen molar-refractivity contribution in [3.05, 3.63) is 46.6 Å². The van der Waals surface area contributed by atoms with E-state index in [4.69, 9.17) is 11.5 Å². The van der Waals surface area contributed by atoms with Crippen molar-refractivity contribution >= 4 is 33.1 Å². The number of nitrogens with zero attached hydrogens (tertiary/aromatic N) is 2. The first-order chi connectivity index (χ1) is 9.65. The van der Waals surface area contributed by atoms with E-state index in [2.05, 4.69) is 28.3 Å². The van der Waals surface area contributed by atoms with Gasteiger partial charge in [0.1, 0.15) is 12.1 Å². The van der Waals surface area contributed by atoms with Crippen molar-refractivity contribution in [2.45, 2.75) is 19.8 Å². The van der Waals surface area contributed by atoms with Gasteiger partial charge in [-0.1, -0.05) is 6.07 Å². The second kappa shape index (κ2) is 5.09. The van der Waals surface area contributed by atoms with Gasteiger partial charge in [0.2, 0.25) is 0 Å². The van der Waals surface area contributed by atoms with E-state index in [0.717, 1.165) is 28.7 Å². The van der Waals surface area contributed by atoms with Gasteiger partial charge in [-0.25, -0.2) is 9.97 Å². The molecule has 0 bridgehead atoms. The lowest BCUT2D eigenvalue weighted by Gasteiger charge is -2.06. The minimum absolute atomic E-state index is 0.565. The zero-order valence-corrected chi connectivity index (χ0v) is 12.1. The van der Waals surface area contributed by atoms with Crippen LogP contribution in [0.4, 0.5) is 11.5 Å².